The fraction of sp³-hybridized carbons (Fsp3) is 0.391. The van der Waals surface area contributed by atoms with Crippen LogP contribution in [0.1, 0.15) is 37.0 Å². The Morgan fingerprint density at radius 3 is 2.41 bits per heavy atom. The zero-order chi connectivity index (χ0) is 21.4. The number of hydrogen-bond donors (Lipinski definition) is 1. The standard InChI is InChI=1S/C23H29FN2O3/c1-5-10-25-23(28)18(4)26(14-19-8-6-7-9-21(19)24)22(27)15-29-20-12-16(2)11-17(3)13-20/h6-9,11-13,18H,5,10,14-15H2,1-4H3,(H,25,28)/t18-/m1/s1. The van der Waals surface area contributed by atoms with Gasteiger partial charge in [0, 0.05) is 18.7 Å². The lowest BCUT2D eigenvalue weighted by atomic mass is 10.1. The predicted octanol–water partition coefficient (Wildman–Crippen LogP) is 3.76. The summed E-state index contributed by atoms with van der Waals surface area (Å²) in [6, 6.07) is 11.2. The molecule has 0 aliphatic rings. The van der Waals surface area contributed by atoms with Crippen LogP contribution in [0.2, 0.25) is 0 Å². The third kappa shape index (κ3) is 6.59. The van der Waals surface area contributed by atoms with Crippen molar-refractivity contribution in [3.05, 3.63) is 65.0 Å². The first-order chi connectivity index (χ1) is 13.8. The second-order valence-corrected chi connectivity index (χ2v) is 7.19. The van der Waals surface area contributed by atoms with E-state index in [4.69, 9.17) is 4.74 Å². The van der Waals surface area contributed by atoms with E-state index in [0.717, 1.165) is 17.5 Å². The number of carbonyl (C=O) groups excluding carboxylic acids is 2. The number of nitrogens with one attached hydrogen (secondary N) is 1. The zero-order valence-corrected chi connectivity index (χ0v) is 17.5. The van der Waals surface area contributed by atoms with E-state index in [9.17, 15) is 14.0 Å². The summed E-state index contributed by atoms with van der Waals surface area (Å²) >= 11 is 0. The van der Waals surface area contributed by atoms with Crippen LogP contribution in [-0.4, -0.2) is 35.9 Å². The summed E-state index contributed by atoms with van der Waals surface area (Å²) in [7, 11) is 0. The Hall–Kier alpha value is -2.89. The average Bonchev–Trinajstić information content (AvgIpc) is 2.68. The number of benzene rings is 2. The first-order valence-electron chi connectivity index (χ1n) is 9.83. The molecule has 0 unspecified atom stereocenters. The van der Waals surface area contributed by atoms with Crippen LogP contribution < -0.4 is 10.1 Å². The number of carbonyl (C=O) groups is 2. The lowest BCUT2D eigenvalue weighted by Gasteiger charge is -2.29. The van der Waals surface area contributed by atoms with Crippen LogP contribution in [0.4, 0.5) is 4.39 Å². The second kappa shape index (κ2) is 10.6. The van der Waals surface area contributed by atoms with Crippen molar-refractivity contribution in [2.24, 2.45) is 0 Å². The maximum absolute atomic E-state index is 14.2. The van der Waals surface area contributed by atoms with E-state index in [1.54, 1.807) is 25.1 Å². The highest BCUT2D eigenvalue weighted by atomic mass is 19.1. The molecular formula is C23H29FN2O3. The van der Waals surface area contributed by atoms with Gasteiger partial charge in [0.05, 0.1) is 0 Å². The van der Waals surface area contributed by atoms with E-state index in [1.807, 2.05) is 39.0 Å². The maximum atomic E-state index is 14.2. The summed E-state index contributed by atoms with van der Waals surface area (Å²) in [6.45, 7) is 7.76. The lowest BCUT2D eigenvalue weighted by molar-refractivity contribution is -0.142. The Kier molecular flexibility index (Phi) is 8.19. The summed E-state index contributed by atoms with van der Waals surface area (Å²) in [6.07, 6.45) is 0.787. The molecule has 0 aliphatic heterocycles. The minimum atomic E-state index is -0.753. The number of ether oxygens (including phenoxy) is 1. The predicted molar refractivity (Wildman–Crippen MR) is 111 cm³/mol. The molecule has 2 rings (SSSR count). The first kappa shape index (κ1) is 22.4. The molecule has 29 heavy (non-hydrogen) atoms. The molecule has 156 valence electrons. The molecule has 2 aromatic rings. The quantitative estimate of drug-likeness (QED) is 0.697. The number of aryl methyl sites for hydroxylation is 2. The molecule has 0 spiro atoms. The smallest absolute Gasteiger partial charge is 0.261 e. The molecule has 2 aromatic carbocycles. The van der Waals surface area contributed by atoms with Crippen LogP contribution >= 0.6 is 0 Å². The Morgan fingerprint density at radius 1 is 1.14 bits per heavy atom. The molecule has 5 nitrogen and oxygen atoms in total. The third-order valence-electron chi connectivity index (χ3n) is 4.57. The van der Waals surface area contributed by atoms with Crippen molar-refractivity contribution in [3.63, 3.8) is 0 Å². The van der Waals surface area contributed by atoms with Gasteiger partial charge in [0.25, 0.3) is 5.91 Å². The van der Waals surface area contributed by atoms with Gasteiger partial charge in [0.15, 0.2) is 6.61 Å². The van der Waals surface area contributed by atoms with Crippen LogP contribution in [0.5, 0.6) is 5.75 Å². The molecule has 0 radical (unpaired) electrons. The topological polar surface area (TPSA) is 58.6 Å². The van der Waals surface area contributed by atoms with Gasteiger partial charge in [0.1, 0.15) is 17.6 Å². The largest absolute Gasteiger partial charge is 0.484 e. The van der Waals surface area contributed by atoms with Crippen molar-refractivity contribution in [2.75, 3.05) is 13.2 Å². The average molecular weight is 400 g/mol. The van der Waals surface area contributed by atoms with E-state index in [2.05, 4.69) is 5.32 Å². The van der Waals surface area contributed by atoms with Crippen LogP contribution in [0, 0.1) is 19.7 Å². The van der Waals surface area contributed by atoms with Crippen LogP contribution in [-0.2, 0) is 16.1 Å². The molecule has 1 atom stereocenters. The van der Waals surface area contributed by atoms with Crippen molar-refractivity contribution in [1.29, 1.82) is 0 Å². The fourth-order valence-corrected chi connectivity index (χ4v) is 3.03. The molecule has 0 aliphatic carbocycles. The molecule has 0 heterocycles. The van der Waals surface area contributed by atoms with Crippen molar-refractivity contribution >= 4 is 11.8 Å². The third-order valence-corrected chi connectivity index (χ3v) is 4.57. The van der Waals surface area contributed by atoms with Crippen molar-refractivity contribution in [1.82, 2.24) is 10.2 Å². The summed E-state index contributed by atoms with van der Waals surface area (Å²) in [5, 5.41) is 2.79. The van der Waals surface area contributed by atoms with E-state index >= 15 is 0 Å². The van der Waals surface area contributed by atoms with Crippen LogP contribution in [0.15, 0.2) is 42.5 Å². The summed E-state index contributed by atoms with van der Waals surface area (Å²) in [5.41, 5.74) is 2.41. The van der Waals surface area contributed by atoms with Gasteiger partial charge in [-0.05, 0) is 56.5 Å². The van der Waals surface area contributed by atoms with Gasteiger partial charge in [-0.15, -0.1) is 0 Å². The van der Waals surface area contributed by atoms with Crippen molar-refractivity contribution in [3.8, 4) is 5.75 Å². The lowest BCUT2D eigenvalue weighted by Crippen LogP contribution is -2.49. The minimum Gasteiger partial charge on any atom is -0.484 e. The van der Waals surface area contributed by atoms with E-state index in [-0.39, 0.29) is 25.0 Å². The number of rotatable bonds is 9. The Morgan fingerprint density at radius 2 is 1.79 bits per heavy atom. The van der Waals surface area contributed by atoms with Crippen molar-refractivity contribution < 1.29 is 18.7 Å². The molecular weight excluding hydrogens is 371 g/mol. The summed E-state index contributed by atoms with van der Waals surface area (Å²) in [5.74, 6) is -0.485. The Labute approximate surface area is 171 Å². The molecule has 0 saturated carbocycles. The first-order valence-corrected chi connectivity index (χ1v) is 9.83. The summed E-state index contributed by atoms with van der Waals surface area (Å²) in [4.78, 5) is 26.7. The van der Waals surface area contributed by atoms with E-state index in [0.29, 0.717) is 17.9 Å². The van der Waals surface area contributed by atoms with Gasteiger partial charge in [-0.2, -0.15) is 0 Å². The van der Waals surface area contributed by atoms with Gasteiger partial charge in [0.2, 0.25) is 5.91 Å². The van der Waals surface area contributed by atoms with Gasteiger partial charge >= 0.3 is 0 Å². The molecule has 0 aromatic heterocycles. The molecule has 0 saturated heterocycles. The van der Waals surface area contributed by atoms with E-state index in [1.165, 1.54) is 11.0 Å². The Bertz CT molecular complexity index is 834. The van der Waals surface area contributed by atoms with Gasteiger partial charge in [-0.1, -0.05) is 31.2 Å². The second-order valence-electron chi connectivity index (χ2n) is 7.19. The molecule has 6 heteroatoms. The molecule has 0 bridgehead atoms. The van der Waals surface area contributed by atoms with Crippen LogP contribution in [0.25, 0.3) is 0 Å². The number of amides is 2. The molecule has 1 N–H and O–H groups in total. The highest BCUT2D eigenvalue weighted by molar-refractivity contribution is 5.87. The number of nitrogens with zero attached hydrogens (tertiary/aromatic N) is 1. The van der Waals surface area contributed by atoms with Crippen LogP contribution in [0.3, 0.4) is 0 Å². The zero-order valence-electron chi connectivity index (χ0n) is 17.5. The van der Waals surface area contributed by atoms with Gasteiger partial charge in [-0.3, -0.25) is 9.59 Å². The molecule has 2 amide bonds. The number of hydrogen-bond acceptors (Lipinski definition) is 3. The van der Waals surface area contributed by atoms with Gasteiger partial charge in [-0.25, -0.2) is 4.39 Å². The Balaban J connectivity index is 2.17. The fourth-order valence-electron chi connectivity index (χ4n) is 3.03. The van der Waals surface area contributed by atoms with E-state index < -0.39 is 11.9 Å². The summed E-state index contributed by atoms with van der Waals surface area (Å²) < 4.78 is 19.8. The highest BCUT2D eigenvalue weighted by Gasteiger charge is 2.27. The molecule has 0 fully saturated rings. The van der Waals surface area contributed by atoms with Crippen molar-refractivity contribution in [2.45, 2.75) is 46.7 Å². The monoisotopic (exact) mass is 400 g/mol. The maximum Gasteiger partial charge on any atom is 0.261 e. The normalized spacial score (nSPS) is 11.6. The minimum absolute atomic E-state index is 0.0115. The van der Waals surface area contributed by atoms with Gasteiger partial charge < -0.3 is 15.0 Å². The number of halogens is 1. The highest BCUT2D eigenvalue weighted by Crippen LogP contribution is 2.17. The SMILES string of the molecule is CCCNC(=O)[C@@H](C)N(Cc1ccccc1F)C(=O)COc1cc(C)cc(C)c1.